The summed E-state index contributed by atoms with van der Waals surface area (Å²) in [6, 6.07) is 3.94. The van der Waals surface area contributed by atoms with Crippen molar-refractivity contribution >= 4 is 31.7 Å². The highest BCUT2D eigenvalue weighted by atomic mass is 79.9. The first-order chi connectivity index (χ1) is 9.74. The van der Waals surface area contributed by atoms with E-state index in [1.54, 1.807) is 0 Å². The molecule has 0 atom stereocenters. The summed E-state index contributed by atoms with van der Waals surface area (Å²) in [6.45, 7) is 4.74. The highest BCUT2D eigenvalue weighted by Gasteiger charge is 2.19. The average molecular weight is 379 g/mol. The lowest BCUT2D eigenvalue weighted by Crippen LogP contribution is -2.14. The Kier molecular flexibility index (Phi) is 6.83. The molecule has 0 heterocycles. The Labute approximate surface area is 133 Å². The normalized spacial score (nSPS) is 11.8. The Morgan fingerprint density at radius 3 is 2.57 bits per heavy atom. The zero-order valence-corrected chi connectivity index (χ0v) is 14.4. The molecular formula is C14H19BrO5S. The predicted octanol–water partition coefficient (Wildman–Crippen LogP) is 2.98. The fraction of sp³-hybridized carbons (Fsp3) is 0.500. The van der Waals surface area contributed by atoms with Crippen LogP contribution in [-0.4, -0.2) is 38.5 Å². The molecule has 1 N–H and O–H groups in total. The lowest BCUT2D eigenvalue weighted by atomic mass is 10.1. The van der Waals surface area contributed by atoms with Gasteiger partial charge < -0.3 is 9.84 Å². The van der Waals surface area contributed by atoms with Crippen molar-refractivity contribution in [3.63, 3.8) is 0 Å². The van der Waals surface area contributed by atoms with Crippen molar-refractivity contribution in [2.75, 3.05) is 19.0 Å². The van der Waals surface area contributed by atoms with E-state index in [1.807, 2.05) is 0 Å². The van der Waals surface area contributed by atoms with Crippen molar-refractivity contribution < 1.29 is 23.1 Å². The topological polar surface area (TPSA) is 80.7 Å². The van der Waals surface area contributed by atoms with E-state index in [-0.39, 0.29) is 22.8 Å². The van der Waals surface area contributed by atoms with E-state index in [2.05, 4.69) is 29.8 Å². The Hall–Kier alpha value is -0.920. The minimum Gasteiger partial charge on any atom is -0.478 e. The number of carboxylic acids is 1. The number of hydrogen-bond acceptors (Lipinski definition) is 4. The third-order valence-corrected chi connectivity index (χ3v) is 5.52. The molecule has 118 valence electrons. The van der Waals surface area contributed by atoms with Crippen molar-refractivity contribution in [2.45, 2.75) is 25.2 Å². The molecule has 0 unspecified atom stereocenters. The zero-order valence-electron chi connectivity index (χ0n) is 12.0. The Morgan fingerprint density at radius 2 is 2.00 bits per heavy atom. The Morgan fingerprint density at radius 1 is 1.33 bits per heavy atom. The van der Waals surface area contributed by atoms with Crippen LogP contribution in [0, 0.1) is 5.92 Å². The fourth-order valence-corrected chi connectivity index (χ4v) is 3.79. The van der Waals surface area contributed by atoms with Crippen LogP contribution in [0.2, 0.25) is 0 Å². The van der Waals surface area contributed by atoms with Crippen molar-refractivity contribution in [1.29, 1.82) is 0 Å². The Bertz CT molecular complexity index is 595. The maximum atomic E-state index is 12.2. The molecule has 0 bridgehead atoms. The van der Waals surface area contributed by atoms with Crippen LogP contribution in [0.15, 0.2) is 27.6 Å². The molecule has 0 radical (unpaired) electrons. The molecule has 0 saturated carbocycles. The number of hydrogen-bond donors (Lipinski definition) is 1. The van der Waals surface area contributed by atoms with E-state index in [0.29, 0.717) is 17.0 Å². The van der Waals surface area contributed by atoms with Gasteiger partial charge in [0.25, 0.3) is 0 Å². The van der Waals surface area contributed by atoms with Gasteiger partial charge in [-0.2, -0.15) is 0 Å². The zero-order chi connectivity index (χ0) is 16.0. The lowest BCUT2D eigenvalue weighted by molar-refractivity contribution is 0.0696. The highest BCUT2D eigenvalue weighted by molar-refractivity contribution is 9.10. The number of carbonyl (C=O) groups is 1. The van der Waals surface area contributed by atoms with Gasteiger partial charge in [-0.3, -0.25) is 0 Å². The van der Waals surface area contributed by atoms with Crippen LogP contribution in [0.4, 0.5) is 0 Å². The highest BCUT2D eigenvalue weighted by Crippen LogP contribution is 2.24. The molecule has 0 aliphatic heterocycles. The third kappa shape index (κ3) is 5.76. The molecule has 0 aliphatic rings. The SMILES string of the molecule is CC(C)CCOCCS(=O)(=O)c1cc(C(=O)O)ccc1Br. The van der Waals surface area contributed by atoms with Gasteiger partial charge >= 0.3 is 5.97 Å². The molecule has 7 heteroatoms. The molecular weight excluding hydrogens is 360 g/mol. The summed E-state index contributed by atoms with van der Waals surface area (Å²) in [6.07, 6.45) is 0.873. The molecule has 0 aromatic heterocycles. The predicted molar refractivity (Wildman–Crippen MR) is 83.4 cm³/mol. The van der Waals surface area contributed by atoms with Crippen LogP contribution in [0.3, 0.4) is 0 Å². The van der Waals surface area contributed by atoms with Gasteiger partial charge in [0.1, 0.15) is 0 Å². The summed E-state index contributed by atoms with van der Waals surface area (Å²) in [5, 5.41) is 8.93. The van der Waals surface area contributed by atoms with Crippen molar-refractivity contribution in [1.82, 2.24) is 0 Å². The summed E-state index contributed by atoms with van der Waals surface area (Å²) in [4.78, 5) is 10.9. The van der Waals surface area contributed by atoms with Crippen molar-refractivity contribution in [3.8, 4) is 0 Å². The number of ether oxygens (including phenoxy) is 1. The van der Waals surface area contributed by atoms with Crippen LogP contribution in [0.5, 0.6) is 0 Å². The summed E-state index contributed by atoms with van der Waals surface area (Å²) in [7, 11) is -3.58. The monoisotopic (exact) mass is 378 g/mol. The quantitative estimate of drug-likeness (QED) is 0.703. The molecule has 0 aliphatic carbocycles. The molecule has 0 saturated heterocycles. The molecule has 1 aromatic rings. The van der Waals surface area contributed by atoms with E-state index in [0.717, 1.165) is 12.5 Å². The first-order valence-electron chi connectivity index (χ1n) is 6.57. The van der Waals surface area contributed by atoms with Crippen LogP contribution in [0.1, 0.15) is 30.6 Å². The largest absolute Gasteiger partial charge is 0.478 e. The van der Waals surface area contributed by atoms with Crippen molar-refractivity contribution in [3.05, 3.63) is 28.2 Å². The standard InChI is InChI=1S/C14H19BrO5S/c1-10(2)5-6-20-7-8-21(18,19)13-9-11(14(16)17)3-4-12(13)15/h3-4,9-10H,5-8H2,1-2H3,(H,16,17). The number of sulfone groups is 1. The number of rotatable bonds is 8. The maximum absolute atomic E-state index is 12.2. The number of aromatic carboxylic acids is 1. The maximum Gasteiger partial charge on any atom is 0.335 e. The summed E-state index contributed by atoms with van der Waals surface area (Å²) < 4.78 is 30.1. The van der Waals surface area contributed by atoms with E-state index in [4.69, 9.17) is 9.84 Å². The fourth-order valence-electron chi connectivity index (χ4n) is 1.57. The van der Waals surface area contributed by atoms with Crippen LogP contribution in [-0.2, 0) is 14.6 Å². The van der Waals surface area contributed by atoms with Gasteiger partial charge in [-0.1, -0.05) is 13.8 Å². The molecule has 1 rings (SSSR count). The minimum absolute atomic E-state index is 0.0186. The van der Waals surface area contributed by atoms with E-state index >= 15 is 0 Å². The van der Waals surface area contributed by atoms with Gasteiger partial charge in [0.2, 0.25) is 0 Å². The second-order valence-corrected chi connectivity index (χ2v) is 8.00. The summed E-state index contributed by atoms with van der Waals surface area (Å²) in [5.74, 6) is -0.831. The third-order valence-electron chi connectivity index (χ3n) is 2.85. The summed E-state index contributed by atoms with van der Waals surface area (Å²) >= 11 is 3.14. The van der Waals surface area contributed by atoms with Gasteiger partial charge in [0.05, 0.1) is 22.8 Å². The smallest absolute Gasteiger partial charge is 0.335 e. The first-order valence-corrected chi connectivity index (χ1v) is 9.02. The van der Waals surface area contributed by atoms with E-state index in [1.165, 1.54) is 12.1 Å². The lowest BCUT2D eigenvalue weighted by Gasteiger charge is -2.09. The van der Waals surface area contributed by atoms with Crippen molar-refractivity contribution in [2.24, 2.45) is 5.92 Å². The van der Waals surface area contributed by atoms with E-state index in [9.17, 15) is 13.2 Å². The molecule has 0 spiro atoms. The van der Waals surface area contributed by atoms with Gasteiger partial charge in [0.15, 0.2) is 9.84 Å². The molecule has 5 nitrogen and oxygen atoms in total. The molecule has 21 heavy (non-hydrogen) atoms. The Balaban J connectivity index is 2.74. The molecule has 1 aromatic carbocycles. The average Bonchev–Trinajstić information content (AvgIpc) is 2.37. The van der Waals surface area contributed by atoms with Gasteiger partial charge in [-0.05, 0) is 46.5 Å². The second kappa shape index (κ2) is 7.91. The van der Waals surface area contributed by atoms with Gasteiger partial charge in [0, 0.05) is 11.1 Å². The van der Waals surface area contributed by atoms with Crippen LogP contribution in [0.25, 0.3) is 0 Å². The summed E-state index contributed by atoms with van der Waals surface area (Å²) in [5.41, 5.74) is -0.0579. The minimum atomic E-state index is -3.58. The number of benzene rings is 1. The van der Waals surface area contributed by atoms with Crippen LogP contribution < -0.4 is 0 Å². The first kappa shape index (κ1) is 18.1. The van der Waals surface area contributed by atoms with Gasteiger partial charge in [-0.15, -0.1) is 0 Å². The number of carboxylic acid groups (broad SMARTS) is 1. The second-order valence-electron chi connectivity index (χ2n) is 5.06. The van der Waals surface area contributed by atoms with Gasteiger partial charge in [-0.25, -0.2) is 13.2 Å². The van der Waals surface area contributed by atoms with E-state index < -0.39 is 15.8 Å². The molecule has 0 amide bonds. The number of halogens is 1. The molecule has 0 fully saturated rings. The van der Waals surface area contributed by atoms with Crippen LogP contribution >= 0.6 is 15.9 Å².